The molecule has 1 aromatic carbocycles. The fourth-order valence-corrected chi connectivity index (χ4v) is 1.92. The predicted molar refractivity (Wildman–Crippen MR) is 73.7 cm³/mol. The monoisotopic (exact) mass is 280 g/mol. The molecule has 0 spiro atoms. The maximum Gasteiger partial charge on any atom is 0.171 e. The first-order chi connectivity index (χ1) is 9.11. The zero-order valence-corrected chi connectivity index (χ0v) is 11.2. The summed E-state index contributed by atoms with van der Waals surface area (Å²) in [5.74, 6) is -0.261. The summed E-state index contributed by atoms with van der Waals surface area (Å²) in [5.41, 5.74) is 1.25. The quantitative estimate of drug-likeness (QED) is 0.935. The fraction of sp³-hybridized carbons (Fsp3) is 0.214. The summed E-state index contributed by atoms with van der Waals surface area (Å²) >= 11 is 5.82. The fourth-order valence-electron chi connectivity index (χ4n) is 1.80. The number of hydrogen-bond donors (Lipinski definition) is 1. The van der Waals surface area contributed by atoms with Crippen LogP contribution in [0.25, 0.3) is 0 Å². The Labute approximate surface area is 116 Å². The van der Waals surface area contributed by atoms with Gasteiger partial charge in [-0.05, 0) is 23.8 Å². The highest BCUT2D eigenvalue weighted by atomic mass is 35.5. The van der Waals surface area contributed by atoms with Crippen LogP contribution in [0.5, 0.6) is 0 Å². The molecule has 100 valence electrons. The smallest absolute Gasteiger partial charge is 0.171 e. The second kappa shape index (κ2) is 5.99. The predicted octanol–water partition coefficient (Wildman–Crippen LogP) is 3.00. The van der Waals surface area contributed by atoms with Crippen molar-refractivity contribution in [1.82, 2.24) is 4.98 Å². The molecule has 2 rings (SSSR count). The number of aliphatic hydroxyl groups excluding tert-OH is 1. The molecule has 0 bridgehead atoms. The molecule has 0 fully saturated rings. The summed E-state index contributed by atoms with van der Waals surface area (Å²) in [6.07, 6.45) is 1.49. The number of pyridine rings is 1. The Morgan fingerprint density at radius 3 is 2.58 bits per heavy atom. The summed E-state index contributed by atoms with van der Waals surface area (Å²) in [7, 11) is 1.75. The average molecular weight is 281 g/mol. The minimum Gasteiger partial charge on any atom is -0.392 e. The van der Waals surface area contributed by atoms with Gasteiger partial charge in [0.25, 0.3) is 0 Å². The molecule has 0 aliphatic heterocycles. The molecule has 0 aliphatic rings. The standard InChI is InChI=1S/C14H14ClFN2O/c1-18(8-10-2-4-12(15)5-3-10)14-13(16)11(9-19)6-7-17-14/h2-7,19H,8-9H2,1H3. The van der Waals surface area contributed by atoms with E-state index in [4.69, 9.17) is 16.7 Å². The molecular formula is C14H14ClFN2O. The molecule has 0 radical (unpaired) electrons. The van der Waals surface area contributed by atoms with Crippen LogP contribution in [0.4, 0.5) is 10.2 Å². The zero-order chi connectivity index (χ0) is 13.8. The molecule has 2 aromatic rings. The van der Waals surface area contributed by atoms with Crippen LogP contribution >= 0.6 is 11.6 Å². The Morgan fingerprint density at radius 1 is 1.26 bits per heavy atom. The topological polar surface area (TPSA) is 36.4 Å². The molecule has 1 heterocycles. The number of benzene rings is 1. The second-order valence-electron chi connectivity index (χ2n) is 4.25. The van der Waals surface area contributed by atoms with Gasteiger partial charge in [-0.3, -0.25) is 0 Å². The molecule has 1 N–H and O–H groups in total. The molecule has 0 amide bonds. The van der Waals surface area contributed by atoms with Gasteiger partial charge in [0, 0.05) is 30.4 Å². The summed E-state index contributed by atoms with van der Waals surface area (Å²) in [6.45, 7) is 0.173. The van der Waals surface area contributed by atoms with Crippen molar-refractivity contribution in [2.75, 3.05) is 11.9 Å². The Bertz CT molecular complexity index is 560. The van der Waals surface area contributed by atoms with Gasteiger partial charge in [0.05, 0.1) is 6.61 Å². The van der Waals surface area contributed by atoms with E-state index >= 15 is 0 Å². The van der Waals surface area contributed by atoms with Gasteiger partial charge in [-0.2, -0.15) is 0 Å². The van der Waals surface area contributed by atoms with E-state index in [1.165, 1.54) is 12.3 Å². The van der Waals surface area contributed by atoms with Crippen LogP contribution in [-0.2, 0) is 13.2 Å². The van der Waals surface area contributed by atoms with E-state index in [0.717, 1.165) is 5.56 Å². The van der Waals surface area contributed by atoms with Crippen molar-refractivity contribution in [2.45, 2.75) is 13.2 Å². The van der Waals surface area contributed by atoms with E-state index in [1.807, 2.05) is 12.1 Å². The molecule has 3 nitrogen and oxygen atoms in total. The SMILES string of the molecule is CN(Cc1ccc(Cl)cc1)c1nccc(CO)c1F. The van der Waals surface area contributed by atoms with Crippen LogP contribution in [0.2, 0.25) is 5.02 Å². The second-order valence-corrected chi connectivity index (χ2v) is 4.68. The van der Waals surface area contributed by atoms with Crippen LogP contribution in [0.3, 0.4) is 0 Å². The van der Waals surface area contributed by atoms with E-state index in [-0.39, 0.29) is 18.0 Å². The zero-order valence-electron chi connectivity index (χ0n) is 10.5. The first kappa shape index (κ1) is 13.8. The molecule has 0 atom stereocenters. The number of nitrogens with zero attached hydrogens (tertiary/aromatic N) is 2. The number of hydrogen-bond acceptors (Lipinski definition) is 3. The average Bonchev–Trinajstić information content (AvgIpc) is 2.41. The highest BCUT2D eigenvalue weighted by Gasteiger charge is 2.13. The Kier molecular flexibility index (Phi) is 4.35. The minimum atomic E-state index is -0.485. The third kappa shape index (κ3) is 3.22. The molecule has 0 saturated carbocycles. The van der Waals surface area contributed by atoms with Crippen molar-refractivity contribution < 1.29 is 9.50 Å². The van der Waals surface area contributed by atoms with Crippen LogP contribution < -0.4 is 4.90 Å². The molecule has 19 heavy (non-hydrogen) atoms. The highest BCUT2D eigenvalue weighted by molar-refractivity contribution is 6.30. The number of halogens is 2. The number of rotatable bonds is 4. The highest BCUT2D eigenvalue weighted by Crippen LogP contribution is 2.20. The summed E-state index contributed by atoms with van der Waals surface area (Å²) in [4.78, 5) is 5.71. The maximum atomic E-state index is 14.0. The number of aliphatic hydroxyl groups is 1. The van der Waals surface area contributed by atoms with Crippen LogP contribution in [0.1, 0.15) is 11.1 Å². The van der Waals surface area contributed by atoms with Gasteiger partial charge < -0.3 is 10.0 Å². The van der Waals surface area contributed by atoms with Crippen molar-refractivity contribution >= 4 is 17.4 Å². The van der Waals surface area contributed by atoms with Crippen molar-refractivity contribution in [2.24, 2.45) is 0 Å². The lowest BCUT2D eigenvalue weighted by Crippen LogP contribution is -2.19. The van der Waals surface area contributed by atoms with Crippen molar-refractivity contribution in [3.8, 4) is 0 Å². The first-order valence-electron chi connectivity index (χ1n) is 5.81. The van der Waals surface area contributed by atoms with Crippen LogP contribution in [0.15, 0.2) is 36.5 Å². The van der Waals surface area contributed by atoms with Gasteiger partial charge in [-0.1, -0.05) is 23.7 Å². The van der Waals surface area contributed by atoms with Gasteiger partial charge in [0.15, 0.2) is 11.6 Å². The van der Waals surface area contributed by atoms with Gasteiger partial charge in [0.1, 0.15) is 0 Å². The molecule has 0 aliphatic carbocycles. The third-order valence-electron chi connectivity index (χ3n) is 2.82. The Hall–Kier alpha value is -1.65. The summed E-state index contributed by atoms with van der Waals surface area (Å²) in [6, 6.07) is 8.81. The van der Waals surface area contributed by atoms with E-state index < -0.39 is 5.82 Å². The lowest BCUT2D eigenvalue weighted by molar-refractivity contribution is 0.275. The van der Waals surface area contributed by atoms with Crippen molar-refractivity contribution in [3.05, 3.63) is 58.5 Å². The van der Waals surface area contributed by atoms with Crippen molar-refractivity contribution in [1.29, 1.82) is 0 Å². The van der Waals surface area contributed by atoms with Gasteiger partial charge in [-0.15, -0.1) is 0 Å². The normalized spacial score (nSPS) is 10.5. The minimum absolute atomic E-state index is 0.224. The van der Waals surface area contributed by atoms with E-state index in [9.17, 15) is 4.39 Å². The van der Waals surface area contributed by atoms with Gasteiger partial charge >= 0.3 is 0 Å². The molecular weight excluding hydrogens is 267 g/mol. The van der Waals surface area contributed by atoms with E-state index in [1.54, 1.807) is 24.1 Å². The van der Waals surface area contributed by atoms with E-state index in [2.05, 4.69) is 4.98 Å². The van der Waals surface area contributed by atoms with Crippen LogP contribution in [-0.4, -0.2) is 17.1 Å². The molecule has 0 saturated heterocycles. The maximum absolute atomic E-state index is 14.0. The lowest BCUT2D eigenvalue weighted by atomic mass is 10.2. The summed E-state index contributed by atoms with van der Waals surface area (Å²) < 4.78 is 14.0. The number of aromatic nitrogens is 1. The van der Waals surface area contributed by atoms with E-state index in [0.29, 0.717) is 11.6 Å². The van der Waals surface area contributed by atoms with Crippen LogP contribution in [0, 0.1) is 5.82 Å². The van der Waals surface area contributed by atoms with Gasteiger partial charge in [-0.25, -0.2) is 9.37 Å². The van der Waals surface area contributed by atoms with Gasteiger partial charge in [0.2, 0.25) is 0 Å². The number of anilines is 1. The molecule has 1 aromatic heterocycles. The molecule has 0 unspecified atom stereocenters. The molecule has 5 heteroatoms. The van der Waals surface area contributed by atoms with Crippen molar-refractivity contribution in [3.63, 3.8) is 0 Å². The Balaban J connectivity index is 2.20. The summed E-state index contributed by atoms with van der Waals surface area (Å²) in [5, 5.41) is 9.71. The first-order valence-corrected chi connectivity index (χ1v) is 6.19. The Morgan fingerprint density at radius 2 is 1.95 bits per heavy atom. The lowest BCUT2D eigenvalue weighted by Gasteiger charge is -2.19. The largest absolute Gasteiger partial charge is 0.392 e. The third-order valence-corrected chi connectivity index (χ3v) is 3.07.